The summed E-state index contributed by atoms with van der Waals surface area (Å²) in [6.07, 6.45) is 0. The van der Waals surface area contributed by atoms with Gasteiger partial charge in [-0.2, -0.15) is 0 Å². The average molecular weight is 376 g/mol. The Balaban J connectivity index is 1.80. The molecule has 3 aromatic carbocycles. The van der Waals surface area contributed by atoms with Crippen LogP contribution in [0.25, 0.3) is 0 Å². The van der Waals surface area contributed by atoms with Crippen molar-refractivity contribution in [3.8, 4) is 5.75 Å². The molecule has 0 radical (unpaired) electrons. The lowest BCUT2D eigenvalue weighted by molar-refractivity contribution is 0.0467. The number of nitrogens with two attached hydrogens (primary N) is 1. The SMILES string of the molecule is NNC(=O)c1ccc(OCc2ccccc2)c(C(=O)OCc2ccccc2)c1. The van der Waals surface area contributed by atoms with E-state index in [1.165, 1.54) is 12.1 Å². The quantitative estimate of drug-likeness (QED) is 0.286. The van der Waals surface area contributed by atoms with Gasteiger partial charge in [-0.05, 0) is 29.3 Å². The number of nitrogens with one attached hydrogen (secondary N) is 1. The van der Waals surface area contributed by atoms with Crippen molar-refractivity contribution in [2.45, 2.75) is 13.2 Å². The van der Waals surface area contributed by atoms with Crippen molar-refractivity contribution in [3.05, 3.63) is 101 Å². The molecule has 3 aromatic rings. The molecule has 0 aromatic heterocycles. The Hall–Kier alpha value is -3.64. The van der Waals surface area contributed by atoms with E-state index in [-0.39, 0.29) is 24.3 Å². The van der Waals surface area contributed by atoms with Crippen LogP contribution in [0.2, 0.25) is 0 Å². The summed E-state index contributed by atoms with van der Waals surface area (Å²) >= 11 is 0. The molecular weight excluding hydrogens is 356 g/mol. The number of nitrogen functional groups attached to an aromatic ring is 1. The van der Waals surface area contributed by atoms with Crippen LogP contribution in [0.4, 0.5) is 0 Å². The van der Waals surface area contributed by atoms with E-state index >= 15 is 0 Å². The lowest BCUT2D eigenvalue weighted by atomic mass is 10.1. The van der Waals surface area contributed by atoms with Crippen molar-refractivity contribution in [2.24, 2.45) is 5.84 Å². The van der Waals surface area contributed by atoms with E-state index in [0.717, 1.165) is 11.1 Å². The van der Waals surface area contributed by atoms with Gasteiger partial charge in [0.25, 0.3) is 5.91 Å². The number of ether oxygens (including phenoxy) is 2. The van der Waals surface area contributed by atoms with Gasteiger partial charge in [0.05, 0.1) is 0 Å². The molecule has 0 spiro atoms. The summed E-state index contributed by atoms with van der Waals surface area (Å²) in [5.41, 5.74) is 4.26. The maximum absolute atomic E-state index is 12.6. The molecule has 0 aliphatic rings. The molecule has 0 fully saturated rings. The lowest BCUT2D eigenvalue weighted by Crippen LogP contribution is -2.30. The van der Waals surface area contributed by atoms with Crippen molar-refractivity contribution in [2.75, 3.05) is 0 Å². The van der Waals surface area contributed by atoms with E-state index in [1.807, 2.05) is 60.7 Å². The number of hydrazine groups is 1. The maximum Gasteiger partial charge on any atom is 0.342 e. The molecule has 0 aliphatic heterocycles. The Morgan fingerprint density at radius 1 is 0.821 bits per heavy atom. The molecule has 6 nitrogen and oxygen atoms in total. The van der Waals surface area contributed by atoms with E-state index < -0.39 is 11.9 Å². The minimum Gasteiger partial charge on any atom is -0.488 e. The molecule has 3 N–H and O–H groups in total. The Labute approximate surface area is 162 Å². The third kappa shape index (κ3) is 4.96. The van der Waals surface area contributed by atoms with Crippen molar-refractivity contribution < 1.29 is 19.1 Å². The molecule has 0 saturated heterocycles. The minimum absolute atomic E-state index is 0.116. The first-order chi connectivity index (χ1) is 13.7. The number of carbonyl (C=O) groups excluding carboxylic acids is 2. The minimum atomic E-state index is -0.585. The van der Waals surface area contributed by atoms with Gasteiger partial charge in [0.15, 0.2) is 0 Å². The Kier molecular flexibility index (Phi) is 6.38. The standard InChI is InChI=1S/C22H20N2O4/c23-24-21(25)18-11-12-20(27-14-16-7-3-1-4-8-16)19(13-18)22(26)28-15-17-9-5-2-6-10-17/h1-13H,14-15,23H2,(H,24,25). The van der Waals surface area contributed by atoms with Gasteiger partial charge < -0.3 is 9.47 Å². The number of hydrogen-bond acceptors (Lipinski definition) is 5. The van der Waals surface area contributed by atoms with Crippen LogP contribution in [0.15, 0.2) is 78.9 Å². The third-order valence-electron chi connectivity index (χ3n) is 4.04. The molecule has 1 amide bonds. The highest BCUT2D eigenvalue weighted by Crippen LogP contribution is 2.23. The molecule has 0 aliphatic carbocycles. The first-order valence-electron chi connectivity index (χ1n) is 8.70. The lowest BCUT2D eigenvalue weighted by Gasteiger charge is -2.13. The van der Waals surface area contributed by atoms with E-state index in [9.17, 15) is 9.59 Å². The van der Waals surface area contributed by atoms with Crippen molar-refractivity contribution in [1.82, 2.24) is 5.43 Å². The van der Waals surface area contributed by atoms with Gasteiger partial charge in [-0.15, -0.1) is 0 Å². The first-order valence-corrected chi connectivity index (χ1v) is 8.70. The number of benzene rings is 3. The number of esters is 1. The summed E-state index contributed by atoms with van der Waals surface area (Å²) in [4.78, 5) is 24.5. The predicted molar refractivity (Wildman–Crippen MR) is 104 cm³/mol. The fourth-order valence-corrected chi connectivity index (χ4v) is 2.58. The van der Waals surface area contributed by atoms with Crippen LogP contribution in [0, 0.1) is 0 Å². The van der Waals surface area contributed by atoms with Crippen molar-refractivity contribution in [1.29, 1.82) is 0 Å². The number of rotatable bonds is 7. The van der Waals surface area contributed by atoms with Gasteiger partial charge in [0.1, 0.15) is 24.5 Å². The number of carbonyl (C=O) groups is 2. The monoisotopic (exact) mass is 376 g/mol. The molecule has 0 unspecified atom stereocenters. The van der Waals surface area contributed by atoms with E-state index in [4.69, 9.17) is 15.3 Å². The molecule has 28 heavy (non-hydrogen) atoms. The van der Waals surface area contributed by atoms with E-state index in [2.05, 4.69) is 5.43 Å². The van der Waals surface area contributed by atoms with E-state index in [1.54, 1.807) is 6.07 Å². The van der Waals surface area contributed by atoms with Crippen LogP contribution < -0.4 is 16.0 Å². The third-order valence-corrected chi connectivity index (χ3v) is 4.04. The smallest absolute Gasteiger partial charge is 0.342 e. The van der Waals surface area contributed by atoms with E-state index in [0.29, 0.717) is 5.75 Å². The zero-order chi connectivity index (χ0) is 19.8. The van der Waals surface area contributed by atoms with Gasteiger partial charge >= 0.3 is 5.97 Å². The highest BCUT2D eigenvalue weighted by Gasteiger charge is 2.18. The first kappa shape index (κ1) is 19.1. The zero-order valence-electron chi connectivity index (χ0n) is 15.1. The number of hydrogen-bond donors (Lipinski definition) is 2. The Morgan fingerprint density at radius 3 is 2.04 bits per heavy atom. The second kappa shape index (κ2) is 9.34. The van der Waals surface area contributed by atoms with Gasteiger partial charge in [-0.25, -0.2) is 10.6 Å². The highest BCUT2D eigenvalue weighted by molar-refractivity contribution is 5.99. The fraction of sp³-hybridized carbons (Fsp3) is 0.0909. The Morgan fingerprint density at radius 2 is 1.43 bits per heavy atom. The summed E-state index contributed by atoms with van der Waals surface area (Å²) in [6.45, 7) is 0.396. The van der Waals surface area contributed by atoms with Crippen LogP contribution in [0.5, 0.6) is 5.75 Å². The summed E-state index contributed by atoms with van der Waals surface area (Å²) in [6, 6.07) is 23.4. The molecule has 0 atom stereocenters. The second-order valence-corrected chi connectivity index (χ2v) is 6.02. The summed E-state index contributed by atoms with van der Waals surface area (Å²) in [5.74, 6) is 4.43. The topological polar surface area (TPSA) is 90.6 Å². The molecule has 0 saturated carbocycles. The van der Waals surface area contributed by atoms with Crippen LogP contribution in [-0.4, -0.2) is 11.9 Å². The fourth-order valence-electron chi connectivity index (χ4n) is 2.58. The summed E-state index contributed by atoms with van der Waals surface area (Å²) < 4.78 is 11.2. The Bertz CT molecular complexity index is 943. The largest absolute Gasteiger partial charge is 0.488 e. The molecule has 6 heteroatoms. The predicted octanol–water partition coefficient (Wildman–Crippen LogP) is 3.23. The number of amides is 1. The van der Waals surface area contributed by atoms with Crippen molar-refractivity contribution >= 4 is 11.9 Å². The van der Waals surface area contributed by atoms with Gasteiger partial charge in [-0.3, -0.25) is 10.2 Å². The summed E-state index contributed by atoms with van der Waals surface area (Å²) in [5, 5.41) is 0. The van der Waals surface area contributed by atoms with Crippen LogP contribution >= 0.6 is 0 Å². The van der Waals surface area contributed by atoms with Gasteiger partial charge in [0.2, 0.25) is 0 Å². The highest BCUT2D eigenvalue weighted by atomic mass is 16.5. The van der Waals surface area contributed by atoms with Gasteiger partial charge in [-0.1, -0.05) is 60.7 Å². The van der Waals surface area contributed by atoms with Crippen LogP contribution in [0.3, 0.4) is 0 Å². The van der Waals surface area contributed by atoms with Gasteiger partial charge in [0, 0.05) is 5.56 Å². The van der Waals surface area contributed by atoms with Crippen molar-refractivity contribution in [3.63, 3.8) is 0 Å². The molecule has 0 bridgehead atoms. The zero-order valence-corrected chi connectivity index (χ0v) is 15.1. The molecular formula is C22H20N2O4. The summed E-state index contributed by atoms with van der Waals surface area (Å²) in [7, 11) is 0. The van der Waals surface area contributed by atoms with Crippen LogP contribution in [0.1, 0.15) is 31.8 Å². The average Bonchev–Trinajstić information content (AvgIpc) is 2.76. The molecule has 0 heterocycles. The maximum atomic E-state index is 12.6. The molecule has 3 rings (SSSR count). The molecule has 142 valence electrons. The second-order valence-electron chi connectivity index (χ2n) is 6.02. The normalized spacial score (nSPS) is 10.2. The van der Waals surface area contributed by atoms with Crippen LogP contribution in [-0.2, 0) is 18.0 Å².